The molecule has 0 aliphatic heterocycles. The molecule has 0 saturated heterocycles. The van der Waals surface area contributed by atoms with Gasteiger partial charge in [-0.05, 0) is 24.3 Å². The second kappa shape index (κ2) is 6.95. The number of carbonyl (C=O) groups excluding carboxylic acids is 2. The summed E-state index contributed by atoms with van der Waals surface area (Å²) in [6, 6.07) is 12.5. The molecule has 0 aromatic heterocycles. The van der Waals surface area contributed by atoms with Gasteiger partial charge in [0.1, 0.15) is 5.75 Å². The van der Waals surface area contributed by atoms with Crippen LogP contribution in [0.3, 0.4) is 0 Å². The van der Waals surface area contributed by atoms with Gasteiger partial charge in [0.25, 0.3) is 0 Å². The van der Waals surface area contributed by atoms with Gasteiger partial charge < -0.3 is 9.47 Å². The lowest BCUT2D eigenvalue weighted by molar-refractivity contribution is -0.274. The van der Waals surface area contributed by atoms with Gasteiger partial charge in [-0.1, -0.05) is 30.3 Å². The lowest BCUT2D eigenvalue weighted by Gasteiger charge is -2.09. The molecule has 0 saturated carbocycles. The average Bonchev–Trinajstić information content (AvgIpc) is 2.52. The highest BCUT2D eigenvalue weighted by Crippen LogP contribution is 2.22. The molecule has 0 aliphatic rings. The van der Waals surface area contributed by atoms with E-state index in [2.05, 4.69) is 4.74 Å². The predicted molar refractivity (Wildman–Crippen MR) is 74.2 cm³/mol. The average molecular weight is 324 g/mol. The maximum Gasteiger partial charge on any atom is 0.573 e. The van der Waals surface area contributed by atoms with Crippen LogP contribution in [0.5, 0.6) is 5.75 Å². The largest absolute Gasteiger partial charge is 0.573 e. The second-order valence-corrected chi connectivity index (χ2v) is 4.44. The standard InChI is InChI=1S/C16H11F3O4/c17-16(18,19)23-13-8-6-12(7-9-13)15(21)22-10-14(20)11-4-2-1-3-5-11/h1-9H,10H2. The lowest BCUT2D eigenvalue weighted by atomic mass is 10.1. The van der Waals surface area contributed by atoms with Gasteiger partial charge in [-0.15, -0.1) is 13.2 Å². The Bertz CT molecular complexity index is 679. The molecule has 4 nitrogen and oxygen atoms in total. The molecule has 7 heteroatoms. The van der Waals surface area contributed by atoms with E-state index < -0.39 is 24.7 Å². The Balaban J connectivity index is 1.92. The van der Waals surface area contributed by atoms with Crippen LogP contribution < -0.4 is 4.74 Å². The van der Waals surface area contributed by atoms with Gasteiger partial charge in [-0.2, -0.15) is 0 Å². The molecule has 23 heavy (non-hydrogen) atoms. The summed E-state index contributed by atoms with van der Waals surface area (Å²) in [7, 11) is 0. The summed E-state index contributed by atoms with van der Waals surface area (Å²) in [5.74, 6) is -1.64. The number of rotatable bonds is 5. The molecular weight excluding hydrogens is 313 g/mol. The fourth-order valence-corrected chi connectivity index (χ4v) is 1.71. The van der Waals surface area contributed by atoms with Crippen LogP contribution in [0.2, 0.25) is 0 Å². The molecule has 0 unspecified atom stereocenters. The van der Waals surface area contributed by atoms with Gasteiger partial charge in [-0.25, -0.2) is 4.79 Å². The van der Waals surface area contributed by atoms with Crippen LogP contribution in [0.1, 0.15) is 20.7 Å². The number of esters is 1. The maximum absolute atomic E-state index is 12.0. The van der Waals surface area contributed by atoms with Crippen molar-refractivity contribution in [3.8, 4) is 5.75 Å². The molecule has 0 bridgehead atoms. The van der Waals surface area contributed by atoms with Crippen molar-refractivity contribution in [2.75, 3.05) is 6.61 Å². The summed E-state index contributed by atoms with van der Waals surface area (Å²) in [6.07, 6.45) is -4.80. The second-order valence-electron chi connectivity index (χ2n) is 4.44. The molecule has 120 valence electrons. The minimum Gasteiger partial charge on any atom is -0.454 e. The molecule has 0 N–H and O–H groups in total. The van der Waals surface area contributed by atoms with Gasteiger partial charge in [-0.3, -0.25) is 4.79 Å². The van der Waals surface area contributed by atoms with Gasteiger partial charge in [0, 0.05) is 5.56 Å². The highest BCUT2D eigenvalue weighted by Gasteiger charge is 2.31. The number of alkyl halides is 3. The van der Waals surface area contributed by atoms with E-state index in [0.717, 1.165) is 24.3 Å². The van der Waals surface area contributed by atoms with E-state index in [1.54, 1.807) is 30.3 Å². The quantitative estimate of drug-likeness (QED) is 0.622. The highest BCUT2D eigenvalue weighted by molar-refractivity contribution is 5.99. The Kier molecular flexibility index (Phi) is 5.00. The number of benzene rings is 2. The predicted octanol–water partition coefficient (Wildman–Crippen LogP) is 3.62. The summed E-state index contributed by atoms with van der Waals surface area (Å²) < 4.78 is 44.6. The van der Waals surface area contributed by atoms with Gasteiger partial charge in [0.05, 0.1) is 5.56 Å². The fraction of sp³-hybridized carbons (Fsp3) is 0.125. The van der Waals surface area contributed by atoms with E-state index in [-0.39, 0.29) is 11.3 Å². The van der Waals surface area contributed by atoms with E-state index in [1.165, 1.54) is 0 Å². The topological polar surface area (TPSA) is 52.6 Å². The van der Waals surface area contributed by atoms with Crippen LogP contribution in [-0.4, -0.2) is 24.7 Å². The van der Waals surface area contributed by atoms with Crippen LogP contribution in [0.15, 0.2) is 54.6 Å². The fourth-order valence-electron chi connectivity index (χ4n) is 1.71. The Labute approximate surface area is 129 Å². The van der Waals surface area contributed by atoms with E-state index in [0.29, 0.717) is 5.56 Å². The number of ether oxygens (including phenoxy) is 2. The Morgan fingerprint density at radius 1 is 0.870 bits per heavy atom. The molecule has 0 amide bonds. The van der Waals surface area contributed by atoms with Crippen molar-refractivity contribution in [2.45, 2.75) is 6.36 Å². The van der Waals surface area contributed by atoms with E-state index in [9.17, 15) is 22.8 Å². The maximum atomic E-state index is 12.0. The van der Waals surface area contributed by atoms with Gasteiger partial charge in [0.2, 0.25) is 0 Å². The van der Waals surface area contributed by atoms with Crippen molar-refractivity contribution < 1.29 is 32.2 Å². The molecule has 0 radical (unpaired) electrons. The molecule has 0 heterocycles. The number of hydrogen-bond acceptors (Lipinski definition) is 4. The number of halogens is 3. The van der Waals surface area contributed by atoms with Gasteiger partial charge in [0.15, 0.2) is 12.4 Å². The molecule has 0 atom stereocenters. The summed E-state index contributed by atoms with van der Waals surface area (Å²) in [5, 5.41) is 0. The third kappa shape index (κ3) is 5.14. The Morgan fingerprint density at radius 3 is 2.04 bits per heavy atom. The lowest BCUT2D eigenvalue weighted by Crippen LogP contribution is -2.17. The first-order valence-corrected chi connectivity index (χ1v) is 6.46. The smallest absolute Gasteiger partial charge is 0.454 e. The van der Waals surface area contributed by atoms with E-state index in [4.69, 9.17) is 4.74 Å². The normalized spacial score (nSPS) is 10.9. The van der Waals surface area contributed by atoms with Crippen LogP contribution in [-0.2, 0) is 4.74 Å². The molecule has 0 aliphatic carbocycles. The summed E-state index contributed by atoms with van der Waals surface area (Å²) >= 11 is 0. The number of ketones is 1. The highest BCUT2D eigenvalue weighted by atomic mass is 19.4. The van der Waals surface area contributed by atoms with Crippen LogP contribution in [0.25, 0.3) is 0 Å². The number of carbonyl (C=O) groups is 2. The van der Waals surface area contributed by atoms with Crippen molar-refractivity contribution in [2.24, 2.45) is 0 Å². The molecule has 2 aromatic carbocycles. The van der Waals surface area contributed by atoms with Crippen molar-refractivity contribution in [1.82, 2.24) is 0 Å². The summed E-state index contributed by atoms with van der Waals surface area (Å²) in [5.41, 5.74) is 0.412. The molecule has 0 spiro atoms. The summed E-state index contributed by atoms with van der Waals surface area (Å²) in [4.78, 5) is 23.5. The third-order valence-corrected chi connectivity index (χ3v) is 2.75. The first-order chi connectivity index (χ1) is 10.8. The Morgan fingerprint density at radius 2 is 1.48 bits per heavy atom. The zero-order chi connectivity index (χ0) is 16.9. The zero-order valence-electron chi connectivity index (χ0n) is 11.7. The molecule has 2 aromatic rings. The molecular formula is C16H11F3O4. The van der Waals surface area contributed by atoms with Crippen molar-refractivity contribution >= 4 is 11.8 Å². The van der Waals surface area contributed by atoms with Crippen molar-refractivity contribution in [1.29, 1.82) is 0 Å². The number of Topliss-reactive ketones (excluding diaryl/α,β-unsaturated/α-hetero) is 1. The van der Waals surface area contributed by atoms with E-state index >= 15 is 0 Å². The molecule has 0 fully saturated rings. The monoisotopic (exact) mass is 324 g/mol. The van der Waals surface area contributed by atoms with Crippen LogP contribution in [0, 0.1) is 0 Å². The van der Waals surface area contributed by atoms with E-state index in [1.807, 2.05) is 0 Å². The molecule has 2 rings (SSSR count). The third-order valence-electron chi connectivity index (χ3n) is 2.75. The SMILES string of the molecule is O=C(COC(=O)c1ccc(OC(F)(F)F)cc1)c1ccccc1. The van der Waals surface area contributed by atoms with Crippen LogP contribution in [0.4, 0.5) is 13.2 Å². The Hall–Kier alpha value is -2.83. The van der Waals surface area contributed by atoms with Crippen molar-refractivity contribution in [3.63, 3.8) is 0 Å². The minimum absolute atomic E-state index is 0.0142. The minimum atomic E-state index is -4.80. The van der Waals surface area contributed by atoms with Gasteiger partial charge >= 0.3 is 12.3 Å². The number of hydrogen-bond donors (Lipinski definition) is 0. The van der Waals surface area contributed by atoms with Crippen LogP contribution >= 0.6 is 0 Å². The summed E-state index contributed by atoms with van der Waals surface area (Å²) in [6.45, 7) is -0.455. The first kappa shape index (κ1) is 16.5. The zero-order valence-corrected chi connectivity index (χ0v) is 11.7. The first-order valence-electron chi connectivity index (χ1n) is 6.46. The van der Waals surface area contributed by atoms with Crippen molar-refractivity contribution in [3.05, 3.63) is 65.7 Å².